The van der Waals surface area contributed by atoms with E-state index in [1.165, 1.54) is 5.32 Å². The molecule has 1 aromatic carbocycles. The Labute approximate surface area is 167 Å². The summed E-state index contributed by atoms with van der Waals surface area (Å²) in [7, 11) is 0. The Morgan fingerprint density at radius 1 is 0.594 bits per heavy atom. The maximum atomic E-state index is 13.6. The number of carbonyl (C=O) groups is 1. The summed E-state index contributed by atoms with van der Waals surface area (Å²) in [6, 6.07) is 3.24. The minimum Gasteiger partial charge on any atom is -0.379 e. The fourth-order valence-electron chi connectivity index (χ4n) is 2.00. The summed E-state index contributed by atoms with van der Waals surface area (Å²) in [6.45, 7) is -2.69. The molecule has 0 saturated heterocycles. The molecule has 0 bridgehead atoms. The number of hydrogen-bond donors (Lipinski definition) is 1. The van der Waals surface area contributed by atoms with Gasteiger partial charge in [0, 0.05) is 11.3 Å². The molecule has 0 fully saturated rings. The van der Waals surface area contributed by atoms with Gasteiger partial charge in [-0.3, -0.25) is 4.79 Å². The monoisotopic (exact) mass is 503 g/mol. The van der Waals surface area contributed by atoms with Gasteiger partial charge < -0.3 is 5.32 Å². The van der Waals surface area contributed by atoms with Crippen molar-refractivity contribution in [1.29, 1.82) is 0 Å². The Morgan fingerprint density at radius 3 is 1.34 bits per heavy atom. The van der Waals surface area contributed by atoms with Crippen LogP contribution < -0.4 is 5.32 Å². The second-order valence-corrected chi connectivity index (χ2v) is 6.17. The van der Waals surface area contributed by atoms with Gasteiger partial charge in [-0.05, 0) is 24.3 Å². The normalized spacial score (nSPS) is 15.0. The van der Waals surface area contributed by atoms with Gasteiger partial charge in [-0.2, -0.15) is 65.9 Å². The van der Waals surface area contributed by atoms with Crippen LogP contribution in [0.3, 0.4) is 0 Å². The minimum atomic E-state index is -8.31. The molecule has 32 heavy (non-hydrogen) atoms. The number of alkyl halides is 15. The van der Waals surface area contributed by atoms with E-state index in [4.69, 9.17) is 0 Å². The molecule has 0 heterocycles. The highest BCUT2D eigenvalue weighted by Gasteiger charge is 2.93. The molecule has 0 atom stereocenters. The lowest BCUT2D eigenvalue weighted by Crippen LogP contribution is -2.73. The van der Waals surface area contributed by atoms with E-state index in [1.807, 2.05) is 0 Å². The summed E-state index contributed by atoms with van der Waals surface area (Å²) in [5.41, 5.74) is -0.693. The summed E-state index contributed by atoms with van der Waals surface area (Å²) in [5.74, 6) is -46.6. The van der Waals surface area contributed by atoms with E-state index >= 15 is 0 Å². The highest BCUT2D eigenvalue weighted by Crippen LogP contribution is 2.62. The van der Waals surface area contributed by atoms with Crippen molar-refractivity contribution < 1.29 is 70.7 Å². The fraction of sp³-hybridized carbons (Fsp3) is 0.533. The second kappa shape index (κ2) is 7.90. The van der Waals surface area contributed by atoms with Crippen molar-refractivity contribution in [2.45, 2.75) is 41.7 Å². The number of rotatable bonds is 9. The third kappa shape index (κ3) is 4.04. The highest BCUT2D eigenvalue weighted by atomic mass is 19.4. The number of aldehydes is 1. The lowest BCUT2D eigenvalue weighted by molar-refractivity contribution is -0.451. The lowest BCUT2D eigenvalue weighted by atomic mass is 9.91. The average molecular weight is 503 g/mol. The van der Waals surface area contributed by atoms with E-state index < -0.39 is 53.9 Å². The first-order chi connectivity index (χ1) is 14.0. The zero-order valence-electron chi connectivity index (χ0n) is 14.7. The maximum absolute atomic E-state index is 13.6. The summed E-state index contributed by atoms with van der Waals surface area (Å²) >= 11 is 0. The van der Waals surface area contributed by atoms with Crippen LogP contribution in [0.1, 0.15) is 10.4 Å². The minimum absolute atomic E-state index is 0.0911. The van der Waals surface area contributed by atoms with Crippen molar-refractivity contribution >= 4 is 12.0 Å². The van der Waals surface area contributed by atoms with Gasteiger partial charge >= 0.3 is 41.7 Å². The molecule has 0 amide bonds. The Morgan fingerprint density at radius 2 is 0.969 bits per heavy atom. The smallest absolute Gasteiger partial charge is 0.379 e. The van der Waals surface area contributed by atoms with Gasteiger partial charge in [-0.1, -0.05) is 0 Å². The summed E-state index contributed by atoms with van der Waals surface area (Å²) in [4.78, 5) is 10.4. The molecule has 1 N–H and O–H groups in total. The number of nitrogens with one attached hydrogen (secondary N) is 1. The van der Waals surface area contributed by atoms with Gasteiger partial charge in [0.25, 0.3) is 0 Å². The lowest BCUT2D eigenvalue weighted by Gasteiger charge is -2.41. The summed E-state index contributed by atoms with van der Waals surface area (Å²) in [6.07, 6.45) is -7.41. The van der Waals surface area contributed by atoms with Gasteiger partial charge in [0.1, 0.15) is 6.29 Å². The van der Waals surface area contributed by atoms with E-state index in [-0.39, 0.29) is 11.8 Å². The Bertz CT molecular complexity index is 813. The highest BCUT2D eigenvalue weighted by molar-refractivity contribution is 5.75. The van der Waals surface area contributed by atoms with Crippen LogP contribution in [0, 0.1) is 0 Å². The number of benzene rings is 1. The summed E-state index contributed by atoms with van der Waals surface area (Å²) in [5, 5.41) is 1.32. The van der Waals surface area contributed by atoms with Crippen molar-refractivity contribution in [2.75, 3.05) is 11.9 Å². The number of anilines is 1. The number of halogens is 15. The first kappa shape index (κ1) is 27.7. The van der Waals surface area contributed by atoms with Crippen LogP contribution in [0.25, 0.3) is 0 Å². The zero-order valence-corrected chi connectivity index (χ0v) is 14.7. The van der Waals surface area contributed by atoms with Gasteiger partial charge in [0.2, 0.25) is 0 Å². The maximum Gasteiger partial charge on any atom is 0.460 e. The molecule has 0 unspecified atom stereocenters. The quantitative estimate of drug-likeness (QED) is 0.318. The fourth-order valence-corrected chi connectivity index (χ4v) is 2.00. The SMILES string of the molecule is O=Cc1ccc(NCC(F)(F)C(F)(F)C(F)(F)C(F)(F)C(F)(F)C(F)(F)C(F)(F)F)cc1. The van der Waals surface area contributed by atoms with Crippen LogP contribution in [0.2, 0.25) is 0 Å². The molecule has 1 rings (SSSR count). The van der Waals surface area contributed by atoms with Crippen LogP contribution >= 0.6 is 0 Å². The van der Waals surface area contributed by atoms with Crippen molar-refractivity contribution in [3.8, 4) is 0 Å². The van der Waals surface area contributed by atoms with Crippen molar-refractivity contribution in [1.82, 2.24) is 0 Å². The molecule has 0 aliphatic rings. The molecule has 0 spiro atoms. The molecule has 0 aliphatic carbocycles. The van der Waals surface area contributed by atoms with E-state index in [9.17, 15) is 70.7 Å². The standard InChI is InChI=1S/C15H8F15NO/c16-9(17,6-31-8-3-1-7(5-32)2-4-8)10(18,19)11(20,21)12(22,23)13(24,25)14(26,27)15(28,29)30/h1-5,31H,6H2. The van der Waals surface area contributed by atoms with Gasteiger partial charge in [-0.15, -0.1) is 0 Å². The van der Waals surface area contributed by atoms with E-state index in [0.29, 0.717) is 0 Å². The van der Waals surface area contributed by atoms with Gasteiger partial charge in [0.15, 0.2) is 0 Å². The largest absolute Gasteiger partial charge is 0.460 e. The van der Waals surface area contributed by atoms with Gasteiger partial charge in [0.05, 0.1) is 6.54 Å². The van der Waals surface area contributed by atoms with Crippen LogP contribution in [0.4, 0.5) is 71.5 Å². The van der Waals surface area contributed by atoms with E-state index in [2.05, 4.69) is 0 Å². The molecule has 184 valence electrons. The van der Waals surface area contributed by atoms with Crippen molar-refractivity contribution in [2.24, 2.45) is 0 Å². The summed E-state index contributed by atoms with van der Waals surface area (Å²) < 4.78 is 196. The third-order valence-electron chi connectivity index (χ3n) is 3.95. The predicted molar refractivity (Wildman–Crippen MR) is 76.1 cm³/mol. The molecule has 2 nitrogen and oxygen atoms in total. The molecule has 1 aromatic rings. The van der Waals surface area contributed by atoms with Gasteiger partial charge in [-0.25, -0.2) is 0 Å². The number of hydrogen-bond acceptors (Lipinski definition) is 2. The van der Waals surface area contributed by atoms with Crippen LogP contribution in [0.5, 0.6) is 0 Å². The van der Waals surface area contributed by atoms with Crippen molar-refractivity contribution in [3.63, 3.8) is 0 Å². The Kier molecular flexibility index (Phi) is 6.83. The van der Waals surface area contributed by atoms with Crippen LogP contribution in [-0.4, -0.2) is 54.5 Å². The molecule has 0 aliphatic heterocycles. The number of carbonyl (C=O) groups excluding carboxylic acids is 1. The average Bonchev–Trinajstić information content (AvgIpc) is 2.65. The first-order valence-corrected chi connectivity index (χ1v) is 7.64. The van der Waals surface area contributed by atoms with Crippen LogP contribution in [-0.2, 0) is 0 Å². The Balaban J connectivity index is 3.33. The molecule has 0 radical (unpaired) electrons. The Hall–Kier alpha value is -2.36. The first-order valence-electron chi connectivity index (χ1n) is 7.64. The topological polar surface area (TPSA) is 29.1 Å². The second-order valence-electron chi connectivity index (χ2n) is 6.17. The van der Waals surface area contributed by atoms with E-state index in [0.717, 1.165) is 24.3 Å². The molecule has 0 saturated carbocycles. The van der Waals surface area contributed by atoms with E-state index in [1.54, 1.807) is 0 Å². The molecular weight excluding hydrogens is 495 g/mol. The molecule has 17 heteroatoms. The molecule has 0 aromatic heterocycles. The predicted octanol–water partition coefficient (Wildman–Crippen LogP) is 6.29. The van der Waals surface area contributed by atoms with Crippen LogP contribution in [0.15, 0.2) is 24.3 Å². The van der Waals surface area contributed by atoms with Crippen molar-refractivity contribution in [3.05, 3.63) is 29.8 Å². The third-order valence-corrected chi connectivity index (χ3v) is 3.95. The molecular formula is C15H8F15NO. The zero-order chi connectivity index (χ0) is 25.6.